The molecule has 3 rings (SSSR count). The Bertz CT molecular complexity index is 746. The fourth-order valence-electron chi connectivity index (χ4n) is 2.02. The molecule has 0 saturated heterocycles. The number of thiazole rings is 1. The van der Waals surface area contributed by atoms with Crippen LogP contribution in [-0.4, -0.2) is 22.9 Å². The van der Waals surface area contributed by atoms with Gasteiger partial charge in [0.15, 0.2) is 11.4 Å². The minimum Gasteiger partial charge on any atom is -0.496 e. The van der Waals surface area contributed by atoms with Gasteiger partial charge < -0.3 is 4.74 Å². The molecule has 0 amide bonds. The molecule has 1 aromatic carbocycles. The summed E-state index contributed by atoms with van der Waals surface area (Å²) in [6.07, 6.45) is 2.65. The van der Waals surface area contributed by atoms with Crippen molar-refractivity contribution in [2.75, 3.05) is 7.11 Å². The zero-order valence-electron chi connectivity index (χ0n) is 10.8. The van der Waals surface area contributed by atoms with E-state index in [1.807, 2.05) is 41.9 Å². The van der Waals surface area contributed by atoms with Gasteiger partial charge in [0.1, 0.15) is 5.75 Å². The first-order valence-corrected chi connectivity index (χ1v) is 6.93. The van der Waals surface area contributed by atoms with Crippen LogP contribution in [0.15, 0.2) is 48.0 Å². The van der Waals surface area contributed by atoms with Gasteiger partial charge in [-0.15, -0.1) is 11.3 Å². The first-order valence-electron chi connectivity index (χ1n) is 6.05. The lowest BCUT2D eigenvalue weighted by molar-refractivity contribution is 0.111. The largest absolute Gasteiger partial charge is 0.496 e. The molecule has 20 heavy (non-hydrogen) atoms. The number of nitrogens with zero attached hydrogens (tertiary/aromatic N) is 2. The molecule has 100 valence electrons. The molecule has 5 heteroatoms. The van der Waals surface area contributed by atoms with Crippen LogP contribution < -0.4 is 4.74 Å². The quantitative estimate of drug-likeness (QED) is 0.689. The van der Waals surface area contributed by atoms with E-state index in [4.69, 9.17) is 4.74 Å². The summed E-state index contributed by atoms with van der Waals surface area (Å²) in [4.78, 5) is 15.6. The van der Waals surface area contributed by atoms with Crippen LogP contribution >= 0.6 is 11.3 Å². The zero-order chi connectivity index (χ0) is 13.9. The Hall–Kier alpha value is -2.40. The predicted molar refractivity (Wildman–Crippen MR) is 78.8 cm³/mol. The number of ether oxygens (including phenoxy) is 1. The average molecular weight is 284 g/mol. The van der Waals surface area contributed by atoms with Crippen molar-refractivity contribution in [2.24, 2.45) is 0 Å². The van der Waals surface area contributed by atoms with Crippen molar-refractivity contribution in [1.82, 2.24) is 9.55 Å². The number of methoxy groups -OCH3 is 1. The van der Waals surface area contributed by atoms with Crippen LogP contribution in [0, 0.1) is 0 Å². The van der Waals surface area contributed by atoms with Gasteiger partial charge in [-0.25, -0.2) is 4.98 Å². The molecule has 0 spiro atoms. The lowest BCUT2D eigenvalue weighted by atomic mass is 10.1. The predicted octanol–water partition coefficient (Wildman–Crippen LogP) is 3.42. The van der Waals surface area contributed by atoms with Gasteiger partial charge in [0.25, 0.3) is 0 Å². The topological polar surface area (TPSA) is 44.1 Å². The van der Waals surface area contributed by atoms with E-state index in [1.165, 1.54) is 11.3 Å². The van der Waals surface area contributed by atoms with Crippen LogP contribution in [0.3, 0.4) is 0 Å². The number of hydrogen-bond acceptors (Lipinski definition) is 4. The van der Waals surface area contributed by atoms with Gasteiger partial charge in [-0.3, -0.25) is 9.36 Å². The molecule has 0 saturated carbocycles. The van der Waals surface area contributed by atoms with Gasteiger partial charge in [0.05, 0.1) is 18.5 Å². The number of aromatic nitrogens is 2. The Kier molecular flexibility index (Phi) is 3.35. The van der Waals surface area contributed by atoms with Gasteiger partial charge in [-0.05, 0) is 24.3 Å². The van der Waals surface area contributed by atoms with Gasteiger partial charge in [0, 0.05) is 17.1 Å². The Morgan fingerprint density at radius 3 is 2.90 bits per heavy atom. The van der Waals surface area contributed by atoms with Crippen molar-refractivity contribution in [2.45, 2.75) is 0 Å². The number of carbonyl (C=O) groups excluding carboxylic acids is 1. The molecule has 2 aromatic heterocycles. The lowest BCUT2D eigenvalue weighted by Gasteiger charge is -2.05. The molecule has 0 N–H and O–H groups in total. The van der Waals surface area contributed by atoms with E-state index in [9.17, 15) is 4.79 Å². The summed E-state index contributed by atoms with van der Waals surface area (Å²) in [5, 5.41) is 2.72. The van der Waals surface area contributed by atoms with Crippen LogP contribution in [0.2, 0.25) is 0 Å². The minimum absolute atomic E-state index is 0.589. The normalized spacial score (nSPS) is 10.4. The van der Waals surface area contributed by atoms with E-state index in [2.05, 4.69) is 4.98 Å². The zero-order valence-corrected chi connectivity index (χ0v) is 11.6. The monoisotopic (exact) mass is 284 g/mol. The number of rotatable bonds is 4. The van der Waals surface area contributed by atoms with Gasteiger partial charge >= 0.3 is 0 Å². The third kappa shape index (κ3) is 2.12. The molecule has 0 bridgehead atoms. The Morgan fingerprint density at radius 1 is 1.25 bits per heavy atom. The SMILES string of the molecule is COc1ccccc1-c1csc(-n2cccc2C=O)n1. The van der Waals surface area contributed by atoms with Gasteiger partial charge in [-0.1, -0.05) is 12.1 Å². The Labute approximate surface area is 120 Å². The number of hydrogen-bond donors (Lipinski definition) is 0. The smallest absolute Gasteiger partial charge is 0.194 e. The molecule has 4 nitrogen and oxygen atoms in total. The standard InChI is InChI=1S/C15H12N2O2S/c1-19-14-7-3-2-6-12(14)13-10-20-15(16-13)17-8-4-5-11(17)9-18/h2-10H,1H3. The van der Waals surface area contributed by atoms with Crippen LogP contribution in [0.5, 0.6) is 5.75 Å². The lowest BCUT2D eigenvalue weighted by Crippen LogP contribution is -1.96. The second-order valence-corrected chi connectivity index (χ2v) is 4.97. The fourth-order valence-corrected chi connectivity index (χ4v) is 2.85. The molecule has 0 fully saturated rings. The van der Waals surface area contributed by atoms with E-state index < -0.39 is 0 Å². The molecule has 0 unspecified atom stereocenters. The average Bonchev–Trinajstić information content (AvgIpc) is 3.15. The van der Waals surface area contributed by atoms with E-state index in [-0.39, 0.29) is 0 Å². The summed E-state index contributed by atoms with van der Waals surface area (Å²) >= 11 is 1.49. The minimum atomic E-state index is 0.589. The second kappa shape index (κ2) is 5.30. The van der Waals surface area contributed by atoms with E-state index in [0.29, 0.717) is 5.69 Å². The van der Waals surface area contributed by atoms with E-state index in [0.717, 1.165) is 28.4 Å². The maximum atomic E-state index is 11.0. The van der Waals surface area contributed by atoms with Gasteiger partial charge in [-0.2, -0.15) is 0 Å². The highest BCUT2D eigenvalue weighted by atomic mass is 32.1. The highest BCUT2D eigenvalue weighted by molar-refractivity contribution is 7.12. The maximum absolute atomic E-state index is 11.0. The number of carbonyl (C=O) groups is 1. The molecular weight excluding hydrogens is 272 g/mol. The van der Waals surface area contributed by atoms with Crippen LogP contribution in [0.4, 0.5) is 0 Å². The molecule has 0 aliphatic heterocycles. The van der Waals surface area contributed by atoms with Crippen molar-refractivity contribution in [1.29, 1.82) is 0 Å². The van der Waals surface area contributed by atoms with Crippen molar-refractivity contribution in [3.8, 4) is 22.1 Å². The van der Waals surface area contributed by atoms with Crippen molar-refractivity contribution >= 4 is 17.6 Å². The maximum Gasteiger partial charge on any atom is 0.194 e. The molecule has 0 radical (unpaired) electrons. The van der Waals surface area contributed by atoms with Crippen molar-refractivity contribution in [3.63, 3.8) is 0 Å². The molecule has 0 aliphatic rings. The second-order valence-electron chi connectivity index (χ2n) is 4.14. The molecule has 0 atom stereocenters. The number of aldehydes is 1. The van der Waals surface area contributed by atoms with Gasteiger partial charge in [0.2, 0.25) is 0 Å². The summed E-state index contributed by atoms with van der Waals surface area (Å²) in [5.74, 6) is 0.785. The summed E-state index contributed by atoms with van der Waals surface area (Å²) < 4.78 is 7.12. The number of para-hydroxylation sites is 1. The highest BCUT2D eigenvalue weighted by Crippen LogP contribution is 2.31. The highest BCUT2D eigenvalue weighted by Gasteiger charge is 2.11. The first-order chi connectivity index (χ1) is 9.83. The third-order valence-electron chi connectivity index (χ3n) is 2.98. The molecule has 3 aromatic rings. The van der Waals surface area contributed by atoms with E-state index >= 15 is 0 Å². The van der Waals surface area contributed by atoms with Crippen LogP contribution in [-0.2, 0) is 0 Å². The Balaban J connectivity index is 2.04. The van der Waals surface area contributed by atoms with Crippen molar-refractivity contribution in [3.05, 3.63) is 53.7 Å². The molecular formula is C15H12N2O2S. The third-order valence-corrected chi connectivity index (χ3v) is 3.82. The van der Waals surface area contributed by atoms with Crippen LogP contribution in [0.25, 0.3) is 16.4 Å². The molecule has 2 heterocycles. The summed E-state index contributed by atoms with van der Waals surface area (Å²) in [5.41, 5.74) is 2.37. The fraction of sp³-hybridized carbons (Fsp3) is 0.0667. The van der Waals surface area contributed by atoms with E-state index in [1.54, 1.807) is 17.7 Å². The summed E-state index contributed by atoms with van der Waals surface area (Å²) in [6.45, 7) is 0. The molecule has 0 aliphatic carbocycles. The summed E-state index contributed by atoms with van der Waals surface area (Å²) in [7, 11) is 1.64. The first kappa shape index (κ1) is 12.6. The van der Waals surface area contributed by atoms with Crippen molar-refractivity contribution < 1.29 is 9.53 Å². The van der Waals surface area contributed by atoms with Crippen LogP contribution in [0.1, 0.15) is 10.5 Å². The number of benzene rings is 1. The summed E-state index contributed by atoms with van der Waals surface area (Å²) in [6, 6.07) is 11.3. The Morgan fingerprint density at radius 2 is 2.10 bits per heavy atom.